The van der Waals surface area contributed by atoms with Crippen LogP contribution < -0.4 is 9.47 Å². The molecule has 3 nitrogen and oxygen atoms in total. The van der Waals surface area contributed by atoms with Gasteiger partial charge in [-0.15, -0.1) is 0 Å². The van der Waals surface area contributed by atoms with Crippen LogP contribution in [0.25, 0.3) is 11.1 Å². The average molecular weight is 615 g/mol. The molecule has 1 fully saturated rings. The van der Waals surface area contributed by atoms with Gasteiger partial charge in [-0.1, -0.05) is 50.8 Å². The molecule has 43 heavy (non-hydrogen) atoms. The molecule has 0 aromatic heterocycles. The van der Waals surface area contributed by atoms with E-state index >= 15 is 4.39 Å². The number of hydrogen-bond donors (Lipinski definition) is 0. The van der Waals surface area contributed by atoms with Crippen molar-refractivity contribution in [3.8, 4) is 22.6 Å². The lowest BCUT2D eigenvalue weighted by atomic mass is 9.90. The van der Waals surface area contributed by atoms with E-state index in [0.29, 0.717) is 30.2 Å². The van der Waals surface area contributed by atoms with E-state index in [4.69, 9.17) is 4.74 Å². The fraction of sp³-hybridized carbons (Fsp3) is 0.375. The summed E-state index contributed by atoms with van der Waals surface area (Å²) in [6.45, 7) is 2.76. The van der Waals surface area contributed by atoms with Crippen LogP contribution >= 0.6 is 0 Å². The molecular weight excluding hydrogens is 584 g/mol. The number of benzene rings is 3. The molecule has 232 valence electrons. The topological polar surface area (TPSA) is 27.7 Å². The van der Waals surface area contributed by atoms with Crippen molar-refractivity contribution in [2.45, 2.75) is 64.1 Å². The van der Waals surface area contributed by atoms with Crippen molar-refractivity contribution in [1.82, 2.24) is 0 Å². The van der Waals surface area contributed by atoms with Crippen molar-refractivity contribution in [2.75, 3.05) is 6.61 Å². The van der Waals surface area contributed by atoms with E-state index in [9.17, 15) is 30.7 Å². The first kappa shape index (κ1) is 32.3. The SMILES string of the molecule is CCCCCCC1CCC(c2ccc(-c3ccc(C(F)(F)Oc4cc(F)c(OC=C(F)F)c(F)c4)c(F)c3)c(F)c2)OC1. The van der Waals surface area contributed by atoms with Gasteiger partial charge in [-0.25, -0.2) is 17.6 Å². The maximum absolute atomic E-state index is 15.1. The highest BCUT2D eigenvalue weighted by Crippen LogP contribution is 2.38. The second kappa shape index (κ2) is 14.2. The Bertz CT molecular complexity index is 1410. The molecule has 2 unspecified atom stereocenters. The van der Waals surface area contributed by atoms with Gasteiger partial charge in [0.05, 0.1) is 18.3 Å². The Balaban J connectivity index is 1.43. The van der Waals surface area contributed by atoms with Gasteiger partial charge in [0, 0.05) is 17.7 Å². The lowest BCUT2D eigenvalue weighted by Crippen LogP contribution is -2.23. The summed E-state index contributed by atoms with van der Waals surface area (Å²) in [5, 5.41) is 0. The molecule has 0 amide bonds. The minimum absolute atomic E-state index is 0.0236. The summed E-state index contributed by atoms with van der Waals surface area (Å²) in [5.74, 6) is -7.23. The summed E-state index contributed by atoms with van der Waals surface area (Å²) in [5.41, 5.74) is -0.702. The molecule has 0 spiro atoms. The van der Waals surface area contributed by atoms with Crippen LogP contribution in [0.15, 0.2) is 60.9 Å². The van der Waals surface area contributed by atoms with Crippen molar-refractivity contribution in [1.29, 1.82) is 0 Å². The highest BCUT2D eigenvalue weighted by Gasteiger charge is 2.38. The minimum Gasteiger partial charge on any atom is -0.453 e. The first-order chi connectivity index (χ1) is 20.5. The maximum Gasteiger partial charge on any atom is 0.429 e. The molecule has 0 N–H and O–H groups in total. The Morgan fingerprint density at radius 3 is 2.23 bits per heavy atom. The predicted octanol–water partition coefficient (Wildman–Crippen LogP) is 10.6. The van der Waals surface area contributed by atoms with Gasteiger partial charge in [0.2, 0.25) is 0 Å². The molecular formula is C32H30F8O3. The molecule has 1 aliphatic rings. The van der Waals surface area contributed by atoms with Crippen LogP contribution in [0.2, 0.25) is 0 Å². The fourth-order valence-electron chi connectivity index (χ4n) is 5.06. The van der Waals surface area contributed by atoms with Crippen LogP contribution in [0.4, 0.5) is 35.1 Å². The minimum atomic E-state index is -4.41. The third kappa shape index (κ3) is 8.28. The molecule has 1 aliphatic heterocycles. The van der Waals surface area contributed by atoms with Crippen molar-refractivity contribution >= 4 is 0 Å². The third-order valence-electron chi connectivity index (χ3n) is 7.28. The van der Waals surface area contributed by atoms with Crippen LogP contribution in [-0.4, -0.2) is 6.61 Å². The summed E-state index contributed by atoms with van der Waals surface area (Å²) in [7, 11) is 0. The lowest BCUT2D eigenvalue weighted by molar-refractivity contribution is -0.187. The summed E-state index contributed by atoms with van der Waals surface area (Å²) in [6.07, 6.45) is 0.242. The Hall–Kier alpha value is -3.60. The maximum atomic E-state index is 15.1. The van der Waals surface area contributed by atoms with Gasteiger partial charge < -0.3 is 14.2 Å². The monoisotopic (exact) mass is 614 g/mol. The summed E-state index contributed by atoms with van der Waals surface area (Å²) < 4.78 is 126. The highest BCUT2D eigenvalue weighted by atomic mass is 19.3. The first-order valence-electron chi connectivity index (χ1n) is 13.9. The van der Waals surface area contributed by atoms with E-state index < -0.39 is 52.5 Å². The second-order valence-corrected chi connectivity index (χ2v) is 10.4. The van der Waals surface area contributed by atoms with E-state index in [1.165, 1.54) is 31.4 Å². The summed E-state index contributed by atoms with van der Waals surface area (Å²) >= 11 is 0. The first-order valence-corrected chi connectivity index (χ1v) is 13.9. The van der Waals surface area contributed by atoms with Crippen LogP contribution in [0.1, 0.15) is 69.1 Å². The lowest BCUT2D eigenvalue weighted by Gasteiger charge is -2.29. The van der Waals surface area contributed by atoms with Crippen LogP contribution in [0, 0.1) is 29.2 Å². The number of hydrogen-bond acceptors (Lipinski definition) is 3. The largest absolute Gasteiger partial charge is 0.453 e. The normalized spacial score (nSPS) is 17.0. The number of unbranched alkanes of at least 4 members (excludes halogenated alkanes) is 3. The quantitative estimate of drug-likeness (QED) is 0.115. The van der Waals surface area contributed by atoms with E-state index in [1.807, 2.05) is 0 Å². The van der Waals surface area contributed by atoms with Crippen LogP contribution in [0.3, 0.4) is 0 Å². The van der Waals surface area contributed by atoms with Gasteiger partial charge in [0.1, 0.15) is 17.4 Å². The molecule has 0 saturated carbocycles. The molecule has 3 aromatic rings. The van der Waals surface area contributed by atoms with Gasteiger partial charge in [-0.2, -0.15) is 17.6 Å². The molecule has 0 aliphatic carbocycles. The zero-order chi connectivity index (χ0) is 31.1. The number of alkyl halides is 2. The van der Waals surface area contributed by atoms with E-state index in [-0.39, 0.29) is 35.6 Å². The zero-order valence-electron chi connectivity index (χ0n) is 23.3. The molecule has 3 aromatic carbocycles. The van der Waals surface area contributed by atoms with Crippen molar-refractivity contribution in [3.63, 3.8) is 0 Å². The number of rotatable bonds is 12. The Labute approximate surface area is 244 Å². The van der Waals surface area contributed by atoms with Gasteiger partial charge >= 0.3 is 12.2 Å². The van der Waals surface area contributed by atoms with E-state index in [0.717, 1.165) is 31.7 Å². The molecule has 11 heteroatoms. The standard InChI is InChI=1S/C32H30F8O3/c1-2-3-4-5-6-19-7-12-29(41-17-19)21-8-10-23(25(33)14-21)20-9-11-24(26(34)13-20)32(39,40)43-22-15-27(35)31(28(36)16-22)42-18-30(37)38/h8-11,13-16,18-19,29H,2-7,12,17H2,1H3. The fourth-order valence-corrected chi connectivity index (χ4v) is 5.06. The predicted molar refractivity (Wildman–Crippen MR) is 144 cm³/mol. The Morgan fingerprint density at radius 2 is 1.63 bits per heavy atom. The van der Waals surface area contributed by atoms with Crippen LogP contribution in [0.5, 0.6) is 11.5 Å². The molecule has 0 radical (unpaired) electrons. The molecule has 1 saturated heterocycles. The smallest absolute Gasteiger partial charge is 0.429 e. The van der Waals surface area contributed by atoms with Crippen molar-refractivity contribution < 1.29 is 49.3 Å². The van der Waals surface area contributed by atoms with Gasteiger partial charge in [-0.05, 0) is 54.5 Å². The van der Waals surface area contributed by atoms with E-state index in [1.54, 1.807) is 6.07 Å². The van der Waals surface area contributed by atoms with Gasteiger partial charge in [0.15, 0.2) is 23.6 Å². The number of halogens is 8. The van der Waals surface area contributed by atoms with Crippen molar-refractivity contribution in [2.24, 2.45) is 5.92 Å². The molecule has 1 heterocycles. The zero-order valence-corrected chi connectivity index (χ0v) is 23.3. The summed E-state index contributed by atoms with van der Waals surface area (Å²) in [6, 6.07) is 7.33. The molecule has 2 atom stereocenters. The van der Waals surface area contributed by atoms with Crippen LogP contribution in [-0.2, 0) is 10.8 Å². The highest BCUT2D eigenvalue weighted by molar-refractivity contribution is 5.65. The summed E-state index contributed by atoms with van der Waals surface area (Å²) in [4.78, 5) is 0. The third-order valence-corrected chi connectivity index (χ3v) is 7.28. The molecule has 4 rings (SSSR count). The Kier molecular flexibility index (Phi) is 10.7. The second-order valence-electron chi connectivity index (χ2n) is 10.4. The van der Waals surface area contributed by atoms with E-state index in [2.05, 4.69) is 16.4 Å². The Morgan fingerprint density at radius 1 is 0.884 bits per heavy atom. The van der Waals surface area contributed by atoms with Gasteiger partial charge in [0.25, 0.3) is 0 Å². The van der Waals surface area contributed by atoms with Crippen molar-refractivity contribution in [3.05, 3.63) is 95.3 Å². The molecule has 0 bridgehead atoms. The average Bonchev–Trinajstić information content (AvgIpc) is 2.94. The van der Waals surface area contributed by atoms with Gasteiger partial charge in [-0.3, -0.25) is 0 Å². The number of ether oxygens (including phenoxy) is 3.